The summed E-state index contributed by atoms with van der Waals surface area (Å²) in [6.07, 6.45) is 3.27. The second-order valence-corrected chi connectivity index (χ2v) is 6.28. The van der Waals surface area contributed by atoms with Crippen molar-refractivity contribution >= 4 is 9.84 Å². The minimum Gasteiger partial charge on any atom is -0.310 e. The lowest BCUT2D eigenvalue weighted by molar-refractivity contribution is 0.517. The molecule has 96 valence electrons. The van der Waals surface area contributed by atoms with Gasteiger partial charge in [0.05, 0.1) is 4.90 Å². The van der Waals surface area contributed by atoms with E-state index in [-0.39, 0.29) is 6.04 Å². The molecule has 1 aromatic carbocycles. The van der Waals surface area contributed by atoms with Crippen molar-refractivity contribution in [3.63, 3.8) is 0 Å². The summed E-state index contributed by atoms with van der Waals surface area (Å²) in [6, 6.07) is 7.43. The van der Waals surface area contributed by atoms with E-state index in [1.807, 2.05) is 12.1 Å². The van der Waals surface area contributed by atoms with Crippen molar-refractivity contribution in [2.24, 2.45) is 0 Å². The minimum absolute atomic E-state index is 0.233. The standard InChI is InChI=1S/C13H21NO2S/c1-4-9-14-13(5-2)11-7-6-8-12(10-11)17(3,15)16/h6-8,10,13-14H,4-5,9H2,1-3H3. The molecule has 1 rings (SSSR count). The van der Waals surface area contributed by atoms with Crippen LogP contribution >= 0.6 is 0 Å². The van der Waals surface area contributed by atoms with Gasteiger partial charge in [-0.1, -0.05) is 26.0 Å². The number of sulfone groups is 1. The van der Waals surface area contributed by atoms with E-state index in [0.29, 0.717) is 4.90 Å². The summed E-state index contributed by atoms with van der Waals surface area (Å²) < 4.78 is 23.0. The molecule has 0 amide bonds. The van der Waals surface area contributed by atoms with Crippen LogP contribution in [0.1, 0.15) is 38.3 Å². The zero-order valence-electron chi connectivity index (χ0n) is 10.7. The van der Waals surface area contributed by atoms with Gasteiger partial charge in [0.1, 0.15) is 0 Å². The first-order chi connectivity index (χ1) is 7.99. The summed E-state index contributed by atoms with van der Waals surface area (Å²) in [6.45, 7) is 5.16. The van der Waals surface area contributed by atoms with Crippen LogP contribution in [0.15, 0.2) is 29.2 Å². The Hall–Kier alpha value is -0.870. The molecule has 0 aliphatic carbocycles. The largest absolute Gasteiger partial charge is 0.310 e. The Balaban J connectivity index is 2.97. The van der Waals surface area contributed by atoms with Gasteiger partial charge in [0, 0.05) is 12.3 Å². The first kappa shape index (κ1) is 14.2. The Labute approximate surface area is 104 Å². The SMILES string of the molecule is CCCNC(CC)c1cccc(S(C)(=O)=O)c1. The molecule has 1 aromatic rings. The van der Waals surface area contributed by atoms with Gasteiger partial charge in [-0.15, -0.1) is 0 Å². The molecular weight excluding hydrogens is 234 g/mol. The van der Waals surface area contributed by atoms with Gasteiger partial charge in [-0.2, -0.15) is 0 Å². The molecule has 0 fully saturated rings. The molecule has 1 unspecified atom stereocenters. The van der Waals surface area contributed by atoms with E-state index in [1.54, 1.807) is 12.1 Å². The monoisotopic (exact) mass is 255 g/mol. The van der Waals surface area contributed by atoms with Gasteiger partial charge in [-0.05, 0) is 37.1 Å². The summed E-state index contributed by atoms with van der Waals surface area (Å²) in [4.78, 5) is 0.395. The molecule has 0 aliphatic rings. The molecule has 0 aromatic heterocycles. The summed E-state index contributed by atoms with van der Waals surface area (Å²) in [5, 5.41) is 3.42. The van der Waals surface area contributed by atoms with E-state index in [9.17, 15) is 8.42 Å². The lowest BCUT2D eigenvalue weighted by Crippen LogP contribution is -2.21. The van der Waals surface area contributed by atoms with E-state index in [2.05, 4.69) is 19.2 Å². The number of nitrogens with one attached hydrogen (secondary N) is 1. The fraction of sp³-hybridized carbons (Fsp3) is 0.538. The smallest absolute Gasteiger partial charge is 0.175 e. The third-order valence-corrected chi connectivity index (χ3v) is 3.85. The summed E-state index contributed by atoms with van der Waals surface area (Å²) >= 11 is 0. The Bertz CT molecular complexity index is 454. The van der Waals surface area contributed by atoms with Crippen LogP contribution < -0.4 is 5.32 Å². The predicted molar refractivity (Wildman–Crippen MR) is 70.9 cm³/mol. The van der Waals surface area contributed by atoms with E-state index in [0.717, 1.165) is 24.9 Å². The normalized spacial score (nSPS) is 13.6. The number of hydrogen-bond acceptors (Lipinski definition) is 3. The highest BCUT2D eigenvalue weighted by atomic mass is 32.2. The van der Waals surface area contributed by atoms with Gasteiger partial charge in [-0.3, -0.25) is 0 Å². The topological polar surface area (TPSA) is 46.2 Å². The predicted octanol–water partition coefficient (Wildman–Crippen LogP) is 2.54. The van der Waals surface area contributed by atoms with Crippen LogP contribution in [0.25, 0.3) is 0 Å². The molecule has 1 N–H and O–H groups in total. The van der Waals surface area contributed by atoms with Crippen LogP contribution in [0.5, 0.6) is 0 Å². The first-order valence-corrected chi connectivity index (χ1v) is 7.91. The fourth-order valence-electron chi connectivity index (χ4n) is 1.78. The van der Waals surface area contributed by atoms with Gasteiger partial charge in [0.25, 0.3) is 0 Å². The molecule has 0 saturated carbocycles. The number of rotatable bonds is 6. The van der Waals surface area contributed by atoms with E-state index in [1.165, 1.54) is 6.26 Å². The molecule has 4 heteroatoms. The average Bonchev–Trinajstić information content (AvgIpc) is 2.29. The van der Waals surface area contributed by atoms with E-state index < -0.39 is 9.84 Å². The second kappa shape index (κ2) is 6.17. The van der Waals surface area contributed by atoms with E-state index in [4.69, 9.17) is 0 Å². The summed E-state index contributed by atoms with van der Waals surface area (Å²) in [5.41, 5.74) is 1.05. The van der Waals surface area contributed by atoms with Crippen LogP contribution in [0, 0.1) is 0 Å². The molecule has 0 radical (unpaired) electrons. The highest BCUT2D eigenvalue weighted by Crippen LogP contribution is 2.20. The number of hydrogen-bond donors (Lipinski definition) is 1. The van der Waals surface area contributed by atoms with Gasteiger partial charge in [0.2, 0.25) is 0 Å². The summed E-state index contributed by atoms with van der Waals surface area (Å²) in [7, 11) is -3.12. The van der Waals surface area contributed by atoms with Crippen molar-refractivity contribution in [3.05, 3.63) is 29.8 Å². The third kappa shape index (κ3) is 4.13. The molecule has 1 atom stereocenters. The lowest BCUT2D eigenvalue weighted by Gasteiger charge is -2.17. The Kier molecular flexibility index (Phi) is 5.15. The molecular formula is C13H21NO2S. The number of benzene rings is 1. The molecule has 3 nitrogen and oxygen atoms in total. The van der Waals surface area contributed by atoms with Crippen molar-refractivity contribution < 1.29 is 8.42 Å². The molecule has 0 heterocycles. The highest BCUT2D eigenvalue weighted by Gasteiger charge is 2.12. The van der Waals surface area contributed by atoms with Crippen LogP contribution in [-0.2, 0) is 9.84 Å². The van der Waals surface area contributed by atoms with Gasteiger partial charge < -0.3 is 5.32 Å². The van der Waals surface area contributed by atoms with Crippen LogP contribution in [-0.4, -0.2) is 21.2 Å². The second-order valence-electron chi connectivity index (χ2n) is 4.26. The van der Waals surface area contributed by atoms with Crippen molar-refractivity contribution in [2.45, 2.75) is 37.6 Å². The van der Waals surface area contributed by atoms with Gasteiger partial charge in [0.15, 0.2) is 9.84 Å². The molecule has 0 aliphatic heterocycles. The van der Waals surface area contributed by atoms with Crippen molar-refractivity contribution in [3.8, 4) is 0 Å². The molecule has 0 saturated heterocycles. The van der Waals surface area contributed by atoms with Crippen LogP contribution in [0.2, 0.25) is 0 Å². The highest BCUT2D eigenvalue weighted by molar-refractivity contribution is 7.90. The van der Waals surface area contributed by atoms with E-state index >= 15 is 0 Å². The van der Waals surface area contributed by atoms with Crippen molar-refractivity contribution in [1.29, 1.82) is 0 Å². The fourth-order valence-corrected chi connectivity index (χ4v) is 2.45. The average molecular weight is 255 g/mol. The quantitative estimate of drug-likeness (QED) is 0.849. The van der Waals surface area contributed by atoms with Crippen LogP contribution in [0.3, 0.4) is 0 Å². The third-order valence-electron chi connectivity index (χ3n) is 2.74. The zero-order valence-corrected chi connectivity index (χ0v) is 11.5. The Morgan fingerprint density at radius 2 is 2.00 bits per heavy atom. The molecule has 17 heavy (non-hydrogen) atoms. The minimum atomic E-state index is -3.12. The van der Waals surface area contributed by atoms with Crippen LogP contribution in [0.4, 0.5) is 0 Å². The lowest BCUT2D eigenvalue weighted by atomic mass is 10.0. The first-order valence-electron chi connectivity index (χ1n) is 6.02. The summed E-state index contributed by atoms with van der Waals surface area (Å²) in [5.74, 6) is 0. The zero-order chi connectivity index (χ0) is 12.9. The van der Waals surface area contributed by atoms with Crippen molar-refractivity contribution in [2.75, 3.05) is 12.8 Å². The molecule has 0 bridgehead atoms. The maximum absolute atomic E-state index is 11.5. The van der Waals surface area contributed by atoms with Gasteiger partial charge in [-0.25, -0.2) is 8.42 Å². The Morgan fingerprint density at radius 1 is 1.29 bits per heavy atom. The maximum atomic E-state index is 11.5. The van der Waals surface area contributed by atoms with Gasteiger partial charge >= 0.3 is 0 Å². The maximum Gasteiger partial charge on any atom is 0.175 e. The van der Waals surface area contributed by atoms with Crippen molar-refractivity contribution in [1.82, 2.24) is 5.32 Å². The Morgan fingerprint density at radius 3 is 2.53 bits per heavy atom. The molecule has 0 spiro atoms.